The monoisotopic (exact) mass is 300 g/mol. The first-order valence-corrected chi connectivity index (χ1v) is 7.39. The van der Waals surface area contributed by atoms with E-state index < -0.39 is 37.8 Å². The summed E-state index contributed by atoms with van der Waals surface area (Å²) in [5, 5.41) is 0. The van der Waals surface area contributed by atoms with Gasteiger partial charge in [-0.3, -0.25) is 0 Å². The van der Waals surface area contributed by atoms with E-state index in [-0.39, 0.29) is 0 Å². The Labute approximate surface area is 114 Å². The van der Waals surface area contributed by atoms with Crippen LogP contribution in [0.1, 0.15) is 5.56 Å². The molecule has 0 saturated carbocycles. The minimum atomic E-state index is -4.42. The summed E-state index contributed by atoms with van der Waals surface area (Å²) in [6.07, 6.45) is 0. The van der Waals surface area contributed by atoms with Crippen molar-refractivity contribution >= 4 is 9.84 Å². The molecule has 2 rings (SSSR count). The Morgan fingerprint density at radius 2 is 1.45 bits per heavy atom. The average molecular weight is 300 g/mol. The fourth-order valence-corrected chi connectivity index (χ4v) is 3.23. The highest BCUT2D eigenvalue weighted by Gasteiger charge is 2.38. The predicted octanol–water partition coefficient (Wildman–Crippen LogP) is 3.39. The lowest BCUT2D eigenvalue weighted by Crippen LogP contribution is -2.26. The van der Waals surface area contributed by atoms with Crippen LogP contribution in [0.25, 0.3) is 0 Å². The number of halogens is 3. The molecular formula is C14H11F3O2S. The molecule has 2 aromatic rings. The molecule has 0 amide bonds. The molecule has 0 unspecified atom stereocenters. The summed E-state index contributed by atoms with van der Waals surface area (Å²) in [5.41, 5.74) is -0.417. The van der Waals surface area contributed by atoms with Crippen molar-refractivity contribution < 1.29 is 21.6 Å². The first-order chi connectivity index (χ1) is 9.33. The normalized spacial score (nSPS) is 12.3. The molecule has 106 valence electrons. The van der Waals surface area contributed by atoms with Gasteiger partial charge in [0.2, 0.25) is 0 Å². The van der Waals surface area contributed by atoms with Crippen LogP contribution in [-0.4, -0.2) is 14.2 Å². The summed E-state index contributed by atoms with van der Waals surface area (Å²) in [7, 11) is -4.42. The zero-order valence-corrected chi connectivity index (χ0v) is 11.1. The van der Waals surface area contributed by atoms with Gasteiger partial charge in [0, 0.05) is 5.56 Å². The van der Waals surface area contributed by atoms with E-state index in [1.54, 1.807) is 6.07 Å². The fraction of sp³-hybridized carbons (Fsp3) is 0.143. The Hall–Kier alpha value is -1.82. The van der Waals surface area contributed by atoms with Gasteiger partial charge in [-0.05, 0) is 12.1 Å². The van der Waals surface area contributed by atoms with Crippen molar-refractivity contribution in [3.63, 3.8) is 0 Å². The van der Waals surface area contributed by atoms with Crippen LogP contribution in [-0.2, 0) is 15.8 Å². The molecule has 0 fully saturated rings. The van der Waals surface area contributed by atoms with Gasteiger partial charge < -0.3 is 0 Å². The molecule has 0 aromatic heterocycles. The lowest BCUT2D eigenvalue weighted by Gasteiger charge is -2.17. The first-order valence-electron chi connectivity index (χ1n) is 5.73. The summed E-state index contributed by atoms with van der Waals surface area (Å²) in [5.74, 6) is -6.08. The maximum atomic E-state index is 14.0. The number of hydrogen-bond donors (Lipinski definition) is 0. The van der Waals surface area contributed by atoms with Crippen LogP contribution in [0.2, 0.25) is 0 Å². The Bertz CT molecular complexity index is 697. The van der Waals surface area contributed by atoms with Gasteiger partial charge in [0.15, 0.2) is 9.84 Å². The van der Waals surface area contributed by atoms with E-state index >= 15 is 0 Å². The average Bonchev–Trinajstić information content (AvgIpc) is 2.39. The molecule has 0 saturated heterocycles. The van der Waals surface area contributed by atoms with Crippen LogP contribution in [0.4, 0.5) is 13.2 Å². The van der Waals surface area contributed by atoms with E-state index in [0.717, 1.165) is 24.3 Å². The maximum absolute atomic E-state index is 14.0. The van der Waals surface area contributed by atoms with Gasteiger partial charge in [-0.15, -0.1) is 0 Å². The highest BCUT2D eigenvalue weighted by atomic mass is 32.2. The SMILES string of the molecule is O=S(=O)(CC(F)(F)c1ccccc1)c1ccccc1F. The van der Waals surface area contributed by atoms with Crippen LogP contribution in [0.5, 0.6) is 0 Å². The predicted molar refractivity (Wildman–Crippen MR) is 68.8 cm³/mol. The van der Waals surface area contributed by atoms with Crippen LogP contribution in [0.15, 0.2) is 59.5 Å². The van der Waals surface area contributed by atoms with Crippen molar-refractivity contribution in [3.8, 4) is 0 Å². The summed E-state index contributed by atoms with van der Waals surface area (Å²) in [4.78, 5) is -0.712. The summed E-state index contributed by atoms with van der Waals surface area (Å²) in [6.45, 7) is 0. The highest BCUT2D eigenvalue weighted by Crippen LogP contribution is 2.32. The third kappa shape index (κ3) is 3.01. The fourth-order valence-electron chi connectivity index (χ4n) is 1.78. The number of benzene rings is 2. The van der Waals surface area contributed by atoms with Crippen molar-refractivity contribution in [1.82, 2.24) is 0 Å². The Balaban J connectivity index is 2.36. The van der Waals surface area contributed by atoms with Gasteiger partial charge in [0.25, 0.3) is 5.92 Å². The van der Waals surface area contributed by atoms with Crippen molar-refractivity contribution in [3.05, 3.63) is 66.0 Å². The molecule has 0 aliphatic heterocycles. The first kappa shape index (κ1) is 14.6. The number of hydrogen-bond acceptors (Lipinski definition) is 2. The van der Waals surface area contributed by atoms with Crippen LogP contribution in [0, 0.1) is 5.82 Å². The third-order valence-corrected chi connectivity index (χ3v) is 4.48. The molecule has 0 aliphatic carbocycles. The quantitative estimate of drug-likeness (QED) is 0.867. The van der Waals surface area contributed by atoms with E-state index in [0.29, 0.717) is 0 Å². The van der Waals surface area contributed by atoms with Gasteiger partial charge in [0.1, 0.15) is 16.5 Å². The van der Waals surface area contributed by atoms with Crippen LogP contribution in [0.3, 0.4) is 0 Å². The molecular weight excluding hydrogens is 289 g/mol. The zero-order valence-electron chi connectivity index (χ0n) is 10.3. The van der Waals surface area contributed by atoms with Crippen LogP contribution < -0.4 is 0 Å². The minimum absolute atomic E-state index is 0.417. The van der Waals surface area contributed by atoms with Gasteiger partial charge in [-0.1, -0.05) is 42.5 Å². The van der Waals surface area contributed by atoms with Crippen molar-refractivity contribution in [2.75, 3.05) is 5.75 Å². The standard InChI is InChI=1S/C14H11F3O2S/c15-12-8-4-5-9-13(12)20(18,19)10-14(16,17)11-6-2-1-3-7-11/h1-9H,10H2. The summed E-state index contributed by atoms with van der Waals surface area (Å²) >= 11 is 0. The molecule has 0 spiro atoms. The molecule has 6 heteroatoms. The lowest BCUT2D eigenvalue weighted by molar-refractivity contribution is 0.0213. The maximum Gasteiger partial charge on any atom is 0.287 e. The molecule has 0 atom stereocenters. The van der Waals surface area contributed by atoms with Crippen molar-refractivity contribution in [2.24, 2.45) is 0 Å². The van der Waals surface area contributed by atoms with Gasteiger partial charge >= 0.3 is 0 Å². The van der Waals surface area contributed by atoms with E-state index in [2.05, 4.69) is 0 Å². The number of rotatable bonds is 4. The summed E-state index contributed by atoms with van der Waals surface area (Å²) in [6, 6.07) is 11.1. The molecule has 0 bridgehead atoms. The molecule has 0 radical (unpaired) electrons. The second-order valence-corrected chi connectivity index (χ2v) is 6.22. The van der Waals surface area contributed by atoms with Crippen LogP contribution >= 0.6 is 0 Å². The van der Waals surface area contributed by atoms with E-state index in [4.69, 9.17) is 0 Å². The third-order valence-electron chi connectivity index (χ3n) is 2.74. The summed E-state index contributed by atoms with van der Waals surface area (Å²) < 4.78 is 65.2. The smallest absolute Gasteiger partial charge is 0.223 e. The molecule has 0 aliphatic rings. The van der Waals surface area contributed by atoms with Crippen molar-refractivity contribution in [2.45, 2.75) is 10.8 Å². The van der Waals surface area contributed by atoms with Gasteiger partial charge in [-0.25, -0.2) is 21.6 Å². The Morgan fingerprint density at radius 1 is 0.900 bits per heavy atom. The zero-order chi connectivity index (χ0) is 14.8. The highest BCUT2D eigenvalue weighted by molar-refractivity contribution is 7.91. The Morgan fingerprint density at radius 3 is 2.05 bits per heavy atom. The number of sulfone groups is 1. The molecule has 2 nitrogen and oxygen atoms in total. The molecule has 20 heavy (non-hydrogen) atoms. The molecule has 0 N–H and O–H groups in total. The van der Waals surface area contributed by atoms with Crippen molar-refractivity contribution in [1.29, 1.82) is 0 Å². The minimum Gasteiger partial charge on any atom is -0.223 e. The van der Waals surface area contributed by atoms with E-state index in [1.807, 2.05) is 0 Å². The lowest BCUT2D eigenvalue weighted by atomic mass is 10.1. The van der Waals surface area contributed by atoms with Gasteiger partial charge in [0.05, 0.1) is 0 Å². The second-order valence-electron chi connectivity index (χ2n) is 4.26. The van der Waals surface area contributed by atoms with E-state index in [1.165, 1.54) is 24.3 Å². The topological polar surface area (TPSA) is 34.1 Å². The molecule has 0 heterocycles. The van der Waals surface area contributed by atoms with E-state index in [9.17, 15) is 21.6 Å². The molecule has 2 aromatic carbocycles. The Kier molecular flexibility index (Phi) is 3.85. The number of alkyl halides is 2. The largest absolute Gasteiger partial charge is 0.287 e. The second kappa shape index (κ2) is 5.28. The van der Waals surface area contributed by atoms with Gasteiger partial charge in [-0.2, -0.15) is 0 Å².